The number of amides is 2. The van der Waals surface area contributed by atoms with E-state index in [9.17, 15) is 14.4 Å². The fraction of sp³-hybridized carbons (Fsp3) is 0.345. The van der Waals surface area contributed by atoms with Crippen molar-refractivity contribution < 1.29 is 14.4 Å². The van der Waals surface area contributed by atoms with E-state index in [4.69, 9.17) is 0 Å². The lowest BCUT2D eigenvalue weighted by Crippen LogP contribution is -2.47. The van der Waals surface area contributed by atoms with Gasteiger partial charge in [0.05, 0.1) is 5.52 Å². The molecule has 204 valence electrons. The lowest BCUT2D eigenvalue weighted by atomic mass is 10.0. The van der Waals surface area contributed by atoms with Gasteiger partial charge in [0.15, 0.2) is 5.78 Å². The molecule has 4 aromatic rings. The normalized spacial score (nSPS) is 21.4. The summed E-state index contributed by atoms with van der Waals surface area (Å²) in [6.45, 7) is 7.18. The first-order chi connectivity index (χ1) is 19.0. The topological polar surface area (TPSA) is 123 Å². The number of ketones is 1. The van der Waals surface area contributed by atoms with Crippen LogP contribution in [0.4, 0.5) is 5.82 Å². The average molecular weight is 602 g/mol. The van der Waals surface area contributed by atoms with E-state index in [2.05, 4.69) is 48.2 Å². The van der Waals surface area contributed by atoms with Crippen molar-refractivity contribution in [1.29, 1.82) is 0 Å². The molecule has 1 unspecified atom stereocenters. The highest BCUT2D eigenvalue weighted by Crippen LogP contribution is 2.59. The highest BCUT2D eigenvalue weighted by Gasteiger charge is 2.64. The monoisotopic (exact) mass is 601 g/mol. The maximum absolute atomic E-state index is 13.8. The Labute approximate surface area is 239 Å². The van der Waals surface area contributed by atoms with Gasteiger partial charge < -0.3 is 10.2 Å². The molecule has 1 aromatic carbocycles. The molecule has 40 heavy (non-hydrogen) atoms. The Balaban J connectivity index is 1.29. The highest BCUT2D eigenvalue weighted by molar-refractivity contribution is 9.10. The molecular weight excluding hydrogens is 574 g/mol. The predicted molar refractivity (Wildman–Crippen MR) is 153 cm³/mol. The van der Waals surface area contributed by atoms with Crippen LogP contribution in [-0.2, 0) is 16.1 Å². The number of likely N-dealkylation sites (tertiary alicyclic amines) is 1. The van der Waals surface area contributed by atoms with Crippen molar-refractivity contribution in [3.8, 4) is 11.1 Å². The molecule has 0 radical (unpaired) electrons. The van der Waals surface area contributed by atoms with Gasteiger partial charge in [-0.2, -0.15) is 5.10 Å². The van der Waals surface area contributed by atoms with Crippen LogP contribution in [0.25, 0.3) is 22.0 Å². The maximum atomic E-state index is 13.8. The number of nitrogens with zero attached hydrogens (tertiary/aromatic N) is 6. The number of nitrogens with one attached hydrogen (secondary N) is 1. The first-order valence-electron chi connectivity index (χ1n) is 13.1. The quantitative estimate of drug-likeness (QED) is 0.255. The third-order valence-corrected chi connectivity index (χ3v) is 8.46. The second-order valence-electron chi connectivity index (χ2n) is 11.0. The molecule has 10 nitrogen and oxygen atoms in total. The number of Topliss-reactive ketones (excluding diaryl/α,β-unsaturated/α-hetero) is 1. The van der Waals surface area contributed by atoms with Gasteiger partial charge in [0.1, 0.15) is 34.5 Å². The fourth-order valence-electron chi connectivity index (χ4n) is 5.68. The minimum Gasteiger partial charge on any atom is -0.325 e. The van der Waals surface area contributed by atoms with Crippen molar-refractivity contribution in [3.05, 3.63) is 64.4 Å². The third kappa shape index (κ3) is 4.57. The number of aromatic nitrogens is 5. The molecule has 4 heterocycles. The van der Waals surface area contributed by atoms with Crippen molar-refractivity contribution in [3.63, 3.8) is 0 Å². The molecular formula is C29H28BrN7O3. The zero-order valence-corrected chi connectivity index (χ0v) is 24.2. The molecule has 2 fully saturated rings. The van der Waals surface area contributed by atoms with Gasteiger partial charge >= 0.3 is 0 Å². The number of piperidine rings is 1. The van der Waals surface area contributed by atoms with E-state index < -0.39 is 6.04 Å². The third-order valence-electron chi connectivity index (χ3n) is 8.01. The highest BCUT2D eigenvalue weighted by atomic mass is 79.9. The SMILES string of the molecule is CC(=O)c1nn(CC(=O)N2[C@H](C(=O)Nc3nc(Br)ccc3C)CC3(C)C[C@@H]23)c2ccc(-c3cnc(C)nc3)cc12. The van der Waals surface area contributed by atoms with Crippen LogP contribution in [0, 0.1) is 19.3 Å². The number of aryl methyl sites for hydroxylation is 2. The summed E-state index contributed by atoms with van der Waals surface area (Å²) in [5.74, 6) is 0.482. The molecule has 2 aliphatic rings. The summed E-state index contributed by atoms with van der Waals surface area (Å²) < 4.78 is 2.18. The summed E-state index contributed by atoms with van der Waals surface area (Å²) in [6, 6.07) is 8.71. The molecule has 1 aliphatic heterocycles. The second-order valence-corrected chi connectivity index (χ2v) is 11.8. The number of hydrogen-bond donors (Lipinski definition) is 1. The van der Waals surface area contributed by atoms with Crippen LogP contribution >= 0.6 is 15.9 Å². The van der Waals surface area contributed by atoms with Gasteiger partial charge in [-0.3, -0.25) is 19.1 Å². The number of halogens is 1. The molecule has 11 heteroatoms. The number of carbonyl (C=O) groups is 3. The Hall–Kier alpha value is -3.99. The number of benzene rings is 1. The Morgan fingerprint density at radius 2 is 1.82 bits per heavy atom. The molecule has 0 spiro atoms. The lowest BCUT2D eigenvalue weighted by Gasteiger charge is -2.27. The zero-order chi connectivity index (χ0) is 28.3. The number of hydrogen-bond acceptors (Lipinski definition) is 7. The summed E-state index contributed by atoms with van der Waals surface area (Å²) in [5, 5.41) is 8.11. The molecule has 1 saturated heterocycles. The van der Waals surface area contributed by atoms with Gasteiger partial charge in [-0.1, -0.05) is 19.1 Å². The zero-order valence-electron chi connectivity index (χ0n) is 22.6. The van der Waals surface area contributed by atoms with Crippen LogP contribution < -0.4 is 5.32 Å². The number of rotatable bonds is 6. The predicted octanol–water partition coefficient (Wildman–Crippen LogP) is 4.49. The molecule has 6 rings (SSSR count). The van der Waals surface area contributed by atoms with Crippen LogP contribution in [0.3, 0.4) is 0 Å². The van der Waals surface area contributed by atoms with Gasteiger partial charge in [-0.05, 0) is 77.4 Å². The summed E-state index contributed by atoms with van der Waals surface area (Å²) in [6.07, 6.45) is 4.92. The van der Waals surface area contributed by atoms with E-state index in [1.165, 1.54) is 6.92 Å². The van der Waals surface area contributed by atoms with Gasteiger partial charge in [0.25, 0.3) is 0 Å². The summed E-state index contributed by atoms with van der Waals surface area (Å²) >= 11 is 3.35. The number of anilines is 1. The largest absolute Gasteiger partial charge is 0.325 e. The number of fused-ring (bicyclic) bond motifs is 2. The molecule has 1 aliphatic carbocycles. The molecule has 1 saturated carbocycles. The van der Waals surface area contributed by atoms with E-state index in [0.717, 1.165) is 23.1 Å². The van der Waals surface area contributed by atoms with Crippen molar-refractivity contribution in [1.82, 2.24) is 29.6 Å². The van der Waals surface area contributed by atoms with Crippen molar-refractivity contribution in [2.24, 2.45) is 5.41 Å². The summed E-state index contributed by atoms with van der Waals surface area (Å²) in [5.41, 5.74) is 3.38. The average Bonchev–Trinajstić information content (AvgIpc) is 3.28. The van der Waals surface area contributed by atoms with Crippen LogP contribution in [0.2, 0.25) is 0 Å². The van der Waals surface area contributed by atoms with Gasteiger partial charge in [-0.15, -0.1) is 0 Å². The molecule has 3 aromatic heterocycles. The van der Waals surface area contributed by atoms with Crippen LogP contribution in [0.5, 0.6) is 0 Å². The van der Waals surface area contributed by atoms with Crippen molar-refractivity contribution in [2.75, 3.05) is 5.32 Å². The Morgan fingerprint density at radius 3 is 2.55 bits per heavy atom. The number of pyridine rings is 1. The van der Waals surface area contributed by atoms with Crippen molar-refractivity contribution >= 4 is 50.2 Å². The molecule has 2 amide bonds. The van der Waals surface area contributed by atoms with E-state index in [0.29, 0.717) is 39.3 Å². The summed E-state index contributed by atoms with van der Waals surface area (Å²) in [4.78, 5) is 54.3. The smallest absolute Gasteiger partial charge is 0.248 e. The van der Waals surface area contributed by atoms with E-state index >= 15 is 0 Å². The van der Waals surface area contributed by atoms with Gasteiger partial charge in [0.2, 0.25) is 11.8 Å². The van der Waals surface area contributed by atoms with E-state index in [1.54, 1.807) is 22.0 Å². The van der Waals surface area contributed by atoms with Crippen molar-refractivity contribution in [2.45, 2.75) is 59.2 Å². The summed E-state index contributed by atoms with van der Waals surface area (Å²) in [7, 11) is 0. The Kier molecular flexibility index (Phi) is 6.29. The van der Waals surface area contributed by atoms with Gasteiger partial charge in [0, 0.05) is 36.3 Å². The molecule has 1 N–H and O–H groups in total. The van der Waals surface area contributed by atoms with Gasteiger partial charge in [-0.25, -0.2) is 15.0 Å². The van der Waals surface area contributed by atoms with E-state index in [1.807, 2.05) is 44.2 Å². The minimum atomic E-state index is -0.612. The molecule has 0 bridgehead atoms. The lowest BCUT2D eigenvalue weighted by molar-refractivity contribution is -0.138. The Bertz CT molecular complexity index is 1700. The standard InChI is InChI=1S/C29H28BrN7O3/c1-15-5-8-24(30)33-27(15)34-28(40)22-10-29(4)11-23(29)37(22)25(39)14-36-21-7-6-18(19-12-31-17(3)32-13-19)9-20(21)26(35-36)16(2)38/h5-9,12-13,22-23H,10-11,14H2,1-4H3,(H,33,34,40)/t22-,23+,29?/m0/s1. The van der Waals surface area contributed by atoms with Crippen LogP contribution in [-0.4, -0.2) is 59.3 Å². The maximum Gasteiger partial charge on any atom is 0.248 e. The molecule has 3 atom stereocenters. The Morgan fingerprint density at radius 1 is 1.07 bits per heavy atom. The fourth-order valence-corrected chi connectivity index (χ4v) is 5.99. The second kappa shape index (κ2) is 9.58. The van der Waals surface area contributed by atoms with Crippen LogP contribution in [0.15, 0.2) is 47.3 Å². The first-order valence-corrected chi connectivity index (χ1v) is 13.9. The first kappa shape index (κ1) is 26.2. The number of carbonyl (C=O) groups excluding carboxylic acids is 3. The van der Waals surface area contributed by atoms with E-state index in [-0.39, 0.29) is 35.6 Å². The minimum absolute atomic E-state index is 0.00504. The van der Waals surface area contributed by atoms with Crippen LogP contribution in [0.1, 0.15) is 48.6 Å².